The highest BCUT2D eigenvalue weighted by molar-refractivity contribution is 5.98. The zero-order valence-corrected chi connectivity index (χ0v) is 19.1. The minimum atomic E-state index is -0.396. The molecule has 0 saturated carbocycles. The molecule has 0 bridgehead atoms. The third-order valence-electron chi connectivity index (χ3n) is 6.37. The SMILES string of the molecule is Cc1cnc2ccc(-c3nc(C(=O)NC[C@H]4CCCN4C)c(N)nc3-c3cccc(F)c3)cn12. The van der Waals surface area contributed by atoms with Crippen LogP contribution in [-0.4, -0.2) is 56.3 Å². The molecule has 1 aliphatic rings. The highest BCUT2D eigenvalue weighted by atomic mass is 19.1. The Morgan fingerprint density at radius 1 is 1.21 bits per heavy atom. The van der Waals surface area contributed by atoms with Crippen LogP contribution in [0.3, 0.4) is 0 Å². The predicted octanol–water partition coefficient (Wildman–Crippen LogP) is 3.31. The number of hydrogen-bond acceptors (Lipinski definition) is 6. The number of likely N-dealkylation sites (N-methyl/N-ethyl adjacent to an activating group) is 1. The zero-order chi connectivity index (χ0) is 23.8. The van der Waals surface area contributed by atoms with Crippen molar-refractivity contribution in [1.29, 1.82) is 0 Å². The Balaban J connectivity index is 1.58. The first-order valence-electron chi connectivity index (χ1n) is 11.3. The van der Waals surface area contributed by atoms with E-state index in [2.05, 4.69) is 32.2 Å². The number of nitrogens with two attached hydrogens (primary N) is 1. The monoisotopic (exact) mass is 459 g/mol. The van der Waals surface area contributed by atoms with Crippen molar-refractivity contribution < 1.29 is 9.18 Å². The molecule has 0 radical (unpaired) electrons. The minimum absolute atomic E-state index is 0.000164. The van der Waals surface area contributed by atoms with Crippen LogP contribution in [0.2, 0.25) is 0 Å². The number of benzene rings is 1. The van der Waals surface area contributed by atoms with Crippen molar-refractivity contribution >= 4 is 17.4 Å². The number of fused-ring (bicyclic) bond motifs is 1. The molecule has 1 saturated heterocycles. The molecule has 3 N–H and O–H groups in total. The van der Waals surface area contributed by atoms with Crippen molar-refractivity contribution in [2.24, 2.45) is 0 Å². The van der Waals surface area contributed by atoms with E-state index in [1.54, 1.807) is 18.3 Å². The summed E-state index contributed by atoms with van der Waals surface area (Å²) in [6.45, 7) is 3.48. The standard InChI is InChI=1S/C25H26FN7O/c1-15-12-28-20-9-8-17(14-33(15)20)22-21(16-5-3-6-18(26)11-16)31-24(27)23(30-22)25(34)29-13-19-7-4-10-32(19)2/h3,5-6,8-9,11-12,14,19H,4,7,10,13H2,1-2H3,(H2,27,31)(H,29,34)/t19-/m1/s1. The summed E-state index contributed by atoms with van der Waals surface area (Å²) in [6, 6.07) is 10.1. The van der Waals surface area contributed by atoms with E-state index in [1.165, 1.54) is 12.1 Å². The van der Waals surface area contributed by atoms with E-state index in [4.69, 9.17) is 5.73 Å². The Kier molecular flexibility index (Phi) is 5.70. The fourth-order valence-electron chi connectivity index (χ4n) is 4.43. The highest BCUT2D eigenvalue weighted by Crippen LogP contribution is 2.31. The van der Waals surface area contributed by atoms with Gasteiger partial charge in [-0.1, -0.05) is 12.1 Å². The van der Waals surface area contributed by atoms with Crippen molar-refractivity contribution in [3.05, 3.63) is 66.0 Å². The number of anilines is 1. The normalized spacial score (nSPS) is 16.3. The number of aromatic nitrogens is 4. The first kappa shape index (κ1) is 22.0. The lowest BCUT2D eigenvalue weighted by Gasteiger charge is -2.20. The molecule has 1 amide bonds. The number of imidazole rings is 1. The molecule has 1 aliphatic heterocycles. The van der Waals surface area contributed by atoms with Gasteiger partial charge in [-0.25, -0.2) is 19.3 Å². The quantitative estimate of drug-likeness (QED) is 0.475. The third-order valence-corrected chi connectivity index (χ3v) is 6.37. The molecule has 0 unspecified atom stereocenters. The molecule has 1 aromatic carbocycles. The van der Waals surface area contributed by atoms with E-state index >= 15 is 0 Å². The number of halogens is 1. The van der Waals surface area contributed by atoms with Crippen molar-refractivity contribution in [2.75, 3.05) is 25.9 Å². The maximum Gasteiger partial charge on any atom is 0.273 e. The van der Waals surface area contributed by atoms with E-state index < -0.39 is 5.82 Å². The van der Waals surface area contributed by atoms with E-state index in [1.807, 2.05) is 29.7 Å². The number of nitrogens with one attached hydrogen (secondary N) is 1. The van der Waals surface area contributed by atoms with Gasteiger partial charge < -0.3 is 20.4 Å². The third kappa shape index (κ3) is 4.10. The number of pyridine rings is 1. The Labute approximate surface area is 196 Å². The molecule has 4 aromatic rings. The van der Waals surface area contributed by atoms with E-state index in [0.29, 0.717) is 29.1 Å². The molecular weight excluding hydrogens is 433 g/mol. The molecule has 0 spiro atoms. The van der Waals surface area contributed by atoms with Crippen LogP contribution in [-0.2, 0) is 0 Å². The second-order valence-electron chi connectivity index (χ2n) is 8.70. The van der Waals surface area contributed by atoms with Crippen LogP contribution in [0.1, 0.15) is 29.0 Å². The smallest absolute Gasteiger partial charge is 0.273 e. The molecule has 174 valence electrons. The van der Waals surface area contributed by atoms with Crippen molar-refractivity contribution in [3.63, 3.8) is 0 Å². The van der Waals surface area contributed by atoms with Crippen molar-refractivity contribution in [2.45, 2.75) is 25.8 Å². The topological polar surface area (TPSA) is 101 Å². The lowest BCUT2D eigenvalue weighted by Crippen LogP contribution is -2.38. The number of hydrogen-bond donors (Lipinski definition) is 2. The molecule has 3 aromatic heterocycles. The minimum Gasteiger partial charge on any atom is -0.382 e. The summed E-state index contributed by atoms with van der Waals surface area (Å²) in [7, 11) is 2.05. The molecule has 8 nitrogen and oxygen atoms in total. The molecular formula is C25H26FN7O. The van der Waals surface area contributed by atoms with Gasteiger partial charge in [0.05, 0.1) is 11.4 Å². The van der Waals surface area contributed by atoms with Crippen LogP contribution >= 0.6 is 0 Å². The summed E-state index contributed by atoms with van der Waals surface area (Å²) in [5.74, 6) is -0.773. The van der Waals surface area contributed by atoms with Gasteiger partial charge in [0.1, 0.15) is 11.5 Å². The first-order valence-corrected chi connectivity index (χ1v) is 11.3. The lowest BCUT2D eigenvalue weighted by molar-refractivity contribution is 0.0939. The maximum absolute atomic E-state index is 14.0. The summed E-state index contributed by atoms with van der Waals surface area (Å²) in [6.07, 6.45) is 5.81. The van der Waals surface area contributed by atoms with Gasteiger partial charge >= 0.3 is 0 Å². The number of carbonyl (C=O) groups excluding carboxylic acids is 1. The number of rotatable bonds is 5. The number of nitrogen functional groups attached to an aromatic ring is 1. The summed E-state index contributed by atoms with van der Waals surface area (Å²) in [5, 5.41) is 2.96. The summed E-state index contributed by atoms with van der Waals surface area (Å²) < 4.78 is 16.0. The lowest BCUT2D eigenvalue weighted by atomic mass is 10.0. The Morgan fingerprint density at radius 2 is 2.03 bits per heavy atom. The summed E-state index contributed by atoms with van der Waals surface area (Å²) in [4.78, 5) is 28.8. The van der Waals surface area contributed by atoms with Crippen LogP contribution in [0.4, 0.5) is 10.2 Å². The molecule has 9 heteroatoms. The van der Waals surface area contributed by atoms with E-state index in [9.17, 15) is 9.18 Å². The number of carbonyl (C=O) groups is 1. The fraction of sp³-hybridized carbons (Fsp3) is 0.280. The maximum atomic E-state index is 14.0. The number of aryl methyl sites for hydroxylation is 1. The predicted molar refractivity (Wildman–Crippen MR) is 129 cm³/mol. The highest BCUT2D eigenvalue weighted by Gasteiger charge is 2.24. The molecule has 0 aliphatic carbocycles. The van der Waals surface area contributed by atoms with Gasteiger partial charge in [-0.3, -0.25) is 4.79 Å². The van der Waals surface area contributed by atoms with Crippen LogP contribution in [0.5, 0.6) is 0 Å². The van der Waals surface area contributed by atoms with E-state index in [-0.39, 0.29) is 23.5 Å². The number of amides is 1. The fourth-order valence-corrected chi connectivity index (χ4v) is 4.43. The molecule has 1 atom stereocenters. The Morgan fingerprint density at radius 3 is 2.79 bits per heavy atom. The van der Waals surface area contributed by atoms with Crippen molar-refractivity contribution in [1.82, 2.24) is 29.6 Å². The molecule has 4 heterocycles. The summed E-state index contributed by atoms with van der Waals surface area (Å²) in [5.41, 5.74) is 10.1. The average Bonchev–Trinajstić information content (AvgIpc) is 3.42. The van der Waals surface area contributed by atoms with Crippen LogP contribution in [0, 0.1) is 12.7 Å². The van der Waals surface area contributed by atoms with Crippen molar-refractivity contribution in [3.8, 4) is 22.5 Å². The molecule has 34 heavy (non-hydrogen) atoms. The zero-order valence-electron chi connectivity index (χ0n) is 19.1. The van der Waals surface area contributed by atoms with Crippen LogP contribution in [0.25, 0.3) is 28.2 Å². The van der Waals surface area contributed by atoms with Gasteiger partial charge in [-0.15, -0.1) is 0 Å². The Hall–Kier alpha value is -3.85. The van der Waals surface area contributed by atoms with Gasteiger partial charge in [0, 0.05) is 41.8 Å². The molecule has 5 rings (SSSR count). The van der Waals surface area contributed by atoms with Gasteiger partial charge in [0.15, 0.2) is 11.5 Å². The van der Waals surface area contributed by atoms with Gasteiger partial charge in [-0.2, -0.15) is 0 Å². The summed E-state index contributed by atoms with van der Waals surface area (Å²) >= 11 is 0. The second kappa shape index (κ2) is 8.83. The average molecular weight is 460 g/mol. The van der Waals surface area contributed by atoms with Gasteiger partial charge in [0.2, 0.25) is 0 Å². The van der Waals surface area contributed by atoms with Gasteiger partial charge in [0.25, 0.3) is 5.91 Å². The van der Waals surface area contributed by atoms with Crippen LogP contribution < -0.4 is 11.1 Å². The Bertz CT molecular complexity index is 1380. The second-order valence-corrected chi connectivity index (χ2v) is 8.70. The van der Waals surface area contributed by atoms with E-state index in [0.717, 1.165) is 30.7 Å². The first-order chi connectivity index (χ1) is 16.4. The molecule has 1 fully saturated rings. The van der Waals surface area contributed by atoms with Gasteiger partial charge in [-0.05, 0) is 57.6 Å². The number of likely N-dealkylation sites (tertiary alicyclic amines) is 1. The number of nitrogens with zero attached hydrogens (tertiary/aromatic N) is 5. The largest absolute Gasteiger partial charge is 0.382 e. The van der Waals surface area contributed by atoms with Crippen LogP contribution in [0.15, 0.2) is 48.8 Å².